The van der Waals surface area contributed by atoms with Gasteiger partial charge in [0, 0.05) is 12.2 Å². The number of pyridine rings is 1. The summed E-state index contributed by atoms with van der Waals surface area (Å²) in [5, 5.41) is 0. The molecule has 3 nitrogen and oxygen atoms in total. The molecule has 0 aromatic carbocycles. The Morgan fingerprint density at radius 3 is 3.00 bits per heavy atom. The molecule has 2 N–H and O–H groups in total. The normalized spacial score (nSPS) is 13.5. The lowest BCUT2D eigenvalue weighted by molar-refractivity contribution is 0.815. The molecule has 0 spiro atoms. The first kappa shape index (κ1) is 8.26. The van der Waals surface area contributed by atoms with E-state index in [4.69, 9.17) is 5.73 Å². The Hall–Kier alpha value is -1.35. The van der Waals surface area contributed by atoms with Crippen molar-refractivity contribution in [2.24, 2.45) is 5.73 Å². The Morgan fingerprint density at radius 2 is 2.31 bits per heavy atom. The van der Waals surface area contributed by atoms with Crippen molar-refractivity contribution in [3.05, 3.63) is 35.9 Å². The summed E-state index contributed by atoms with van der Waals surface area (Å²) in [5.74, 6) is 1.01. The third-order valence-electron chi connectivity index (χ3n) is 2.27. The van der Waals surface area contributed by atoms with Gasteiger partial charge in [0.1, 0.15) is 5.82 Å². The topological polar surface area (TPSA) is 43.3 Å². The van der Waals surface area contributed by atoms with Gasteiger partial charge in [-0.05, 0) is 31.5 Å². The highest BCUT2D eigenvalue weighted by Gasteiger charge is 2.02. The Bertz CT molecular complexity index is 429. The summed E-state index contributed by atoms with van der Waals surface area (Å²) < 4.78 is 2.05. The smallest absolute Gasteiger partial charge is 0.110 e. The Balaban J connectivity index is 2.63. The van der Waals surface area contributed by atoms with Gasteiger partial charge in [0.05, 0.1) is 11.7 Å². The molecule has 0 bridgehead atoms. The summed E-state index contributed by atoms with van der Waals surface area (Å²) in [5.41, 5.74) is 8.03. The summed E-state index contributed by atoms with van der Waals surface area (Å²) in [6.07, 6.45) is 3.87. The first-order valence-electron chi connectivity index (χ1n) is 4.37. The summed E-state index contributed by atoms with van der Waals surface area (Å²) >= 11 is 0. The maximum absolute atomic E-state index is 5.78. The molecular formula is C10H13N3. The number of imidazole rings is 1. The predicted octanol–water partition coefficient (Wildman–Crippen LogP) is 1.66. The SMILES string of the molecule is Cc1ncc2cc(C(C)N)ccn12. The fourth-order valence-corrected chi connectivity index (χ4v) is 1.43. The van der Waals surface area contributed by atoms with Gasteiger partial charge in [-0.1, -0.05) is 0 Å². The Labute approximate surface area is 77.2 Å². The van der Waals surface area contributed by atoms with E-state index >= 15 is 0 Å². The van der Waals surface area contributed by atoms with Gasteiger partial charge in [-0.15, -0.1) is 0 Å². The van der Waals surface area contributed by atoms with E-state index in [9.17, 15) is 0 Å². The molecule has 3 heteroatoms. The average molecular weight is 175 g/mol. The zero-order chi connectivity index (χ0) is 9.42. The minimum absolute atomic E-state index is 0.0835. The zero-order valence-electron chi connectivity index (χ0n) is 7.86. The molecule has 2 rings (SSSR count). The second kappa shape index (κ2) is 2.85. The molecular weight excluding hydrogens is 162 g/mol. The van der Waals surface area contributed by atoms with E-state index in [1.54, 1.807) is 0 Å². The monoisotopic (exact) mass is 175 g/mol. The summed E-state index contributed by atoms with van der Waals surface area (Å²) in [6.45, 7) is 3.97. The third-order valence-corrected chi connectivity index (χ3v) is 2.27. The fraction of sp³-hybridized carbons (Fsp3) is 0.300. The van der Waals surface area contributed by atoms with Crippen LogP contribution in [0.25, 0.3) is 5.52 Å². The number of hydrogen-bond donors (Lipinski definition) is 1. The van der Waals surface area contributed by atoms with E-state index in [2.05, 4.69) is 11.1 Å². The molecule has 0 amide bonds. The maximum atomic E-state index is 5.78. The fourth-order valence-electron chi connectivity index (χ4n) is 1.43. The van der Waals surface area contributed by atoms with Gasteiger partial charge in [-0.3, -0.25) is 0 Å². The van der Waals surface area contributed by atoms with E-state index in [-0.39, 0.29) is 6.04 Å². The van der Waals surface area contributed by atoms with Crippen molar-refractivity contribution in [1.82, 2.24) is 9.38 Å². The van der Waals surface area contributed by atoms with Crippen LogP contribution in [0.3, 0.4) is 0 Å². The van der Waals surface area contributed by atoms with Gasteiger partial charge >= 0.3 is 0 Å². The summed E-state index contributed by atoms with van der Waals surface area (Å²) in [6, 6.07) is 4.19. The van der Waals surface area contributed by atoms with Gasteiger partial charge < -0.3 is 10.1 Å². The van der Waals surface area contributed by atoms with E-state index in [0.29, 0.717) is 0 Å². The molecule has 2 aromatic heterocycles. The molecule has 13 heavy (non-hydrogen) atoms. The van der Waals surface area contributed by atoms with Gasteiger partial charge in [-0.25, -0.2) is 4.98 Å². The van der Waals surface area contributed by atoms with Crippen LogP contribution in [0.1, 0.15) is 24.4 Å². The summed E-state index contributed by atoms with van der Waals surface area (Å²) in [7, 11) is 0. The van der Waals surface area contributed by atoms with Crippen LogP contribution in [0.5, 0.6) is 0 Å². The number of nitrogens with two attached hydrogens (primary N) is 1. The first-order chi connectivity index (χ1) is 6.18. The molecule has 0 aliphatic carbocycles. The Kier molecular flexibility index (Phi) is 1.81. The quantitative estimate of drug-likeness (QED) is 0.716. The van der Waals surface area contributed by atoms with Crippen LogP contribution < -0.4 is 5.73 Å². The molecule has 2 aromatic rings. The van der Waals surface area contributed by atoms with Gasteiger partial charge in [0.25, 0.3) is 0 Å². The zero-order valence-corrected chi connectivity index (χ0v) is 7.86. The highest BCUT2D eigenvalue weighted by Crippen LogP contribution is 2.13. The minimum atomic E-state index is 0.0835. The van der Waals surface area contributed by atoms with E-state index < -0.39 is 0 Å². The number of aryl methyl sites for hydroxylation is 1. The maximum Gasteiger partial charge on any atom is 0.110 e. The van der Waals surface area contributed by atoms with Crippen molar-refractivity contribution in [2.45, 2.75) is 19.9 Å². The molecule has 2 heterocycles. The van der Waals surface area contributed by atoms with E-state index in [1.165, 1.54) is 0 Å². The standard InChI is InChI=1S/C10H13N3/c1-7(11)9-3-4-13-8(2)12-6-10(13)5-9/h3-7H,11H2,1-2H3. The largest absolute Gasteiger partial charge is 0.324 e. The summed E-state index contributed by atoms with van der Waals surface area (Å²) in [4.78, 5) is 4.22. The lowest BCUT2D eigenvalue weighted by atomic mass is 10.1. The molecule has 0 aliphatic rings. The Morgan fingerprint density at radius 1 is 1.54 bits per heavy atom. The van der Waals surface area contributed by atoms with Gasteiger partial charge in [0.15, 0.2) is 0 Å². The van der Waals surface area contributed by atoms with Crippen molar-refractivity contribution in [3.63, 3.8) is 0 Å². The van der Waals surface area contributed by atoms with Crippen LogP contribution >= 0.6 is 0 Å². The molecule has 0 saturated heterocycles. The van der Waals surface area contributed by atoms with Crippen LogP contribution in [0.2, 0.25) is 0 Å². The highest BCUT2D eigenvalue weighted by atomic mass is 15.0. The van der Waals surface area contributed by atoms with E-state index in [1.807, 2.05) is 36.7 Å². The number of fused-ring (bicyclic) bond motifs is 1. The number of hydrogen-bond acceptors (Lipinski definition) is 2. The van der Waals surface area contributed by atoms with Crippen molar-refractivity contribution in [1.29, 1.82) is 0 Å². The van der Waals surface area contributed by atoms with Crippen LogP contribution in [-0.4, -0.2) is 9.38 Å². The molecule has 0 radical (unpaired) electrons. The third kappa shape index (κ3) is 1.31. The van der Waals surface area contributed by atoms with Crippen molar-refractivity contribution in [3.8, 4) is 0 Å². The predicted molar refractivity (Wildman–Crippen MR) is 52.5 cm³/mol. The lowest BCUT2D eigenvalue weighted by Gasteiger charge is -2.05. The molecule has 0 fully saturated rings. The minimum Gasteiger partial charge on any atom is -0.324 e. The lowest BCUT2D eigenvalue weighted by Crippen LogP contribution is -2.05. The van der Waals surface area contributed by atoms with Crippen molar-refractivity contribution in [2.75, 3.05) is 0 Å². The van der Waals surface area contributed by atoms with Crippen LogP contribution in [0.15, 0.2) is 24.5 Å². The average Bonchev–Trinajstić information content (AvgIpc) is 2.47. The molecule has 0 saturated carbocycles. The second-order valence-electron chi connectivity index (χ2n) is 3.35. The van der Waals surface area contributed by atoms with E-state index in [0.717, 1.165) is 16.9 Å². The molecule has 1 atom stereocenters. The van der Waals surface area contributed by atoms with Gasteiger partial charge in [-0.2, -0.15) is 0 Å². The van der Waals surface area contributed by atoms with Gasteiger partial charge in [0.2, 0.25) is 0 Å². The number of rotatable bonds is 1. The van der Waals surface area contributed by atoms with Crippen LogP contribution in [0.4, 0.5) is 0 Å². The first-order valence-corrected chi connectivity index (χ1v) is 4.37. The number of aromatic nitrogens is 2. The molecule has 68 valence electrons. The number of nitrogens with zero attached hydrogens (tertiary/aromatic N) is 2. The molecule has 0 aliphatic heterocycles. The van der Waals surface area contributed by atoms with Crippen molar-refractivity contribution < 1.29 is 0 Å². The van der Waals surface area contributed by atoms with Crippen molar-refractivity contribution >= 4 is 5.52 Å². The second-order valence-corrected chi connectivity index (χ2v) is 3.35. The highest BCUT2D eigenvalue weighted by molar-refractivity contribution is 5.48. The van der Waals surface area contributed by atoms with Crippen LogP contribution in [0, 0.1) is 6.92 Å². The molecule has 1 unspecified atom stereocenters. The van der Waals surface area contributed by atoms with Crippen LogP contribution in [-0.2, 0) is 0 Å².